The van der Waals surface area contributed by atoms with Crippen LogP contribution in [0.15, 0.2) is 24.3 Å². The van der Waals surface area contributed by atoms with Gasteiger partial charge in [0.15, 0.2) is 0 Å². The highest BCUT2D eigenvalue weighted by Crippen LogP contribution is 2.11. The summed E-state index contributed by atoms with van der Waals surface area (Å²) < 4.78 is 0. The molecule has 2 N–H and O–H groups in total. The Morgan fingerprint density at radius 1 is 1.11 bits per heavy atom. The number of hydrogen-bond donors (Lipinski definition) is 1. The SMILES string of the molecule is CN(CCc1ccccc1N)CCN1CCCCC1. The quantitative estimate of drug-likeness (QED) is 0.797. The Morgan fingerprint density at radius 2 is 1.84 bits per heavy atom. The van der Waals surface area contributed by atoms with Crippen molar-refractivity contribution in [2.45, 2.75) is 25.7 Å². The maximum atomic E-state index is 5.97. The molecule has 1 aliphatic rings. The van der Waals surface area contributed by atoms with Gasteiger partial charge in [0.05, 0.1) is 0 Å². The molecule has 0 bridgehead atoms. The van der Waals surface area contributed by atoms with Crippen LogP contribution >= 0.6 is 0 Å². The molecule has 0 radical (unpaired) electrons. The summed E-state index contributed by atoms with van der Waals surface area (Å²) in [6, 6.07) is 8.19. The number of piperidine rings is 1. The summed E-state index contributed by atoms with van der Waals surface area (Å²) in [5, 5.41) is 0. The minimum atomic E-state index is 0.923. The van der Waals surface area contributed by atoms with E-state index in [1.54, 1.807) is 0 Å². The number of benzene rings is 1. The highest BCUT2D eigenvalue weighted by atomic mass is 15.2. The van der Waals surface area contributed by atoms with E-state index in [1.165, 1.54) is 44.5 Å². The van der Waals surface area contributed by atoms with Gasteiger partial charge in [0, 0.05) is 25.3 Å². The molecule has 0 aliphatic carbocycles. The summed E-state index contributed by atoms with van der Waals surface area (Å²) in [4.78, 5) is 5.01. The Morgan fingerprint density at radius 3 is 2.58 bits per heavy atom. The largest absolute Gasteiger partial charge is 0.399 e. The number of para-hydroxylation sites is 1. The second-order valence-corrected chi connectivity index (χ2v) is 5.65. The number of likely N-dealkylation sites (N-methyl/N-ethyl adjacent to an activating group) is 1. The fourth-order valence-corrected chi connectivity index (χ4v) is 2.68. The maximum absolute atomic E-state index is 5.97. The van der Waals surface area contributed by atoms with Gasteiger partial charge in [-0.15, -0.1) is 0 Å². The predicted molar refractivity (Wildman–Crippen MR) is 82.3 cm³/mol. The molecule has 1 aromatic rings. The number of nitrogens with zero attached hydrogens (tertiary/aromatic N) is 2. The van der Waals surface area contributed by atoms with Gasteiger partial charge in [-0.25, -0.2) is 0 Å². The standard InChI is InChI=1S/C16H27N3/c1-18(13-14-19-10-5-2-6-11-19)12-9-15-7-3-4-8-16(15)17/h3-4,7-8H,2,5-6,9-14,17H2,1H3. The van der Waals surface area contributed by atoms with E-state index >= 15 is 0 Å². The highest BCUT2D eigenvalue weighted by Gasteiger charge is 2.10. The van der Waals surface area contributed by atoms with Crippen molar-refractivity contribution in [1.82, 2.24) is 9.80 Å². The molecule has 1 aliphatic heterocycles. The summed E-state index contributed by atoms with van der Waals surface area (Å²) in [7, 11) is 2.21. The third-order valence-electron chi connectivity index (χ3n) is 4.06. The summed E-state index contributed by atoms with van der Waals surface area (Å²) in [6.07, 6.45) is 5.22. The van der Waals surface area contributed by atoms with Crippen molar-refractivity contribution in [3.63, 3.8) is 0 Å². The zero-order valence-corrected chi connectivity index (χ0v) is 12.1. The Labute approximate surface area is 117 Å². The smallest absolute Gasteiger partial charge is 0.0347 e. The number of nitrogen functional groups attached to an aromatic ring is 1. The van der Waals surface area contributed by atoms with Crippen LogP contribution in [0.2, 0.25) is 0 Å². The van der Waals surface area contributed by atoms with Gasteiger partial charge >= 0.3 is 0 Å². The van der Waals surface area contributed by atoms with Crippen LogP contribution in [-0.2, 0) is 6.42 Å². The van der Waals surface area contributed by atoms with Crippen LogP contribution in [0.1, 0.15) is 24.8 Å². The predicted octanol–water partition coefficient (Wildman–Crippen LogP) is 2.23. The molecular weight excluding hydrogens is 234 g/mol. The first kappa shape index (κ1) is 14.4. The molecular formula is C16H27N3. The van der Waals surface area contributed by atoms with E-state index in [9.17, 15) is 0 Å². The lowest BCUT2D eigenvalue weighted by Crippen LogP contribution is -2.37. The molecule has 0 unspecified atom stereocenters. The number of rotatable bonds is 6. The average molecular weight is 261 g/mol. The van der Waals surface area contributed by atoms with Crippen LogP contribution in [-0.4, -0.2) is 49.6 Å². The van der Waals surface area contributed by atoms with Gasteiger partial charge in [0.1, 0.15) is 0 Å². The zero-order chi connectivity index (χ0) is 13.5. The summed E-state index contributed by atoms with van der Waals surface area (Å²) in [5.74, 6) is 0. The van der Waals surface area contributed by atoms with Crippen LogP contribution in [0.25, 0.3) is 0 Å². The Hall–Kier alpha value is -1.06. The topological polar surface area (TPSA) is 32.5 Å². The van der Waals surface area contributed by atoms with Crippen molar-refractivity contribution in [2.24, 2.45) is 0 Å². The third-order valence-corrected chi connectivity index (χ3v) is 4.06. The van der Waals surface area contributed by atoms with Crippen molar-refractivity contribution in [2.75, 3.05) is 45.5 Å². The first-order valence-electron chi connectivity index (χ1n) is 7.50. The van der Waals surface area contributed by atoms with Crippen LogP contribution < -0.4 is 5.73 Å². The molecule has 1 saturated heterocycles. The maximum Gasteiger partial charge on any atom is 0.0347 e. The molecule has 19 heavy (non-hydrogen) atoms. The minimum Gasteiger partial charge on any atom is -0.399 e. The molecule has 1 heterocycles. The van der Waals surface area contributed by atoms with E-state index in [1.807, 2.05) is 12.1 Å². The molecule has 0 spiro atoms. The van der Waals surface area contributed by atoms with Crippen molar-refractivity contribution >= 4 is 5.69 Å². The molecule has 1 fully saturated rings. The summed E-state index contributed by atoms with van der Waals surface area (Å²) in [6.45, 7) is 6.04. The zero-order valence-electron chi connectivity index (χ0n) is 12.1. The van der Waals surface area contributed by atoms with Gasteiger partial charge < -0.3 is 15.5 Å². The van der Waals surface area contributed by atoms with Crippen LogP contribution in [0.5, 0.6) is 0 Å². The first-order valence-corrected chi connectivity index (χ1v) is 7.50. The number of hydrogen-bond acceptors (Lipinski definition) is 3. The van der Waals surface area contributed by atoms with Gasteiger partial charge in [-0.1, -0.05) is 24.6 Å². The second kappa shape index (κ2) is 7.51. The Balaban J connectivity index is 1.66. The van der Waals surface area contributed by atoms with Crippen LogP contribution in [0, 0.1) is 0 Å². The lowest BCUT2D eigenvalue weighted by molar-refractivity contribution is 0.197. The molecule has 2 rings (SSSR count). The van der Waals surface area contributed by atoms with Gasteiger partial charge in [-0.2, -0.15) is 0 Å². The normalized spacial score (nSPS) is 16.9. The summed E-state index contributed by atoms with van der Waals surface area (Å²) >= 11 is 0. The monoisotopic (exact) mass is 261 g/mol. The third kappa shape index (κ3) is 4.84. The van der Waals surface area contributed by atoms with Crippen molar-refractivity contribution in [3.05, 3.63) is 29.8 Å². The lowest BCUT2D eigenvalue weighted by atomic mass is 10.1. The van der Waals surface area contributed by atoms with E-state index in [0.717, 1.165) is 25.2 Å². The van der Waals surface area contributed by atoms with Crippen molar-refractivity contribution in [1.29, 1.82) is 0 Å². The van der Waals surface area contributed by atoms with Crippen molar-refractivity contribution in [3.8, 4) is 0 Å². The summed E-state index contributed by atoms with van der Waals surface area (Å²) in [5.41, 5.74) is 8.16. The van der Waals surface area contributed by atoms with Gasteiger partial charge in [0.2, 0.25) is 0 Å². The molecule has 106 valence electrons. The minimum absolute atomic E-state index is 0.923. The molecule has 0 aromatic heterocycles. The Bertz CT molecular complexity index is 372. The molecule has 1 aromatic carbocycles. The molecule has 0 saturated carbocycles. The van der Waals surface area contributed by atoms with E-state index in [0.29, 0.717) is 0 Å². The van der Waals surface area contributed by atoms with Crippen LogP contribution in [0.4, 0.5) is 5.69 Å². The van der Waals surface area contributed by atoms with E-state index in [-0.39, 0.29) is 0 Å². The Kier molecular flexibility index (Phi) is 5.67. The first-order chi connectivity index (χ1) is 9.25. The molecule has 3 nitrogen and oxygen atoms in total. The van der Waals surface area contributed by atoms with Gasteiger partial charge in [0.25, 0.3) is 0 Å². The number of likely N-dealkylation sites (tertiary alicyclic amines) is 1. The van der Waals surface area contributed by atoms with E-state index < -0.39 is 0 Å². The number of nitrogens with two attached hydrogens (primary N) is 1. The number of anilines is 1. The molecule has 3 heteroatoms. The fraction of sp³-hybridized carbons (Fsp3) is 0.625. The van der Waals surface area contributed by atoms with Gasteiger partial charge in [-0.3, -0.25) is 0 Å². The second-order valence-electron chi connectivity index (χ2n) is 5.65. The van der Waals surface area contributed by atoms with Crippen LogP contribution in [0.3, 0.4) is 0 Å². The van der Waals surface area contributed by atoms with E-state index in [4.69, 9.17) is 5.73 Å². The van der Waals surface area contributed by atoms with Gasteiger partial charge in [-0.05, 0) is 51.0 Å². The highest BCUT2D eigenvalue weighted by molar-refractivity contribution is 5.46. The fourth-order valence-electron chi connectivity index (χ4n) is 2.68. The van der Waals surface area contributed by atoms with Crippen molar-refractivity contribution < 1.29 is 0 Å². The molecule has 0 amide bonds. The molecule has 0 atom stereocenters. The average Bonchev–Trinajstić information content (AvgIpc) is 2.45. The van der Waals surface area contributed by atoms with E-state index in [2.05, 4.69) is 29.0 Å². The lowest BCUT2D eigenvalue weighted by Gasteiger charge is -2.28.